The largest absolute Gasteiger partial charge is 0.265 e. The third-order valence-corrected chi connectivity index (χ3v) is 2.79. The lowest BCUT2D eigenvalue weighted by atomic mass is 10.2. The van der Waals surface area contributed by atoms with E-state index in [4.69, 9.17) is 11.6 Å². The van der Waals surface area contributed by atoms with Crippen molar-refractivity contribution in [2.45, 2.75) is 25.3 Å². The Bertz CT molecular complexity index is 462. The first-order valence-electron chi connectivity index (χ1n) is 5.08. The number of aromatic nitrogens is 6. The summed E-state index contributed by atoms with van der Waals surface area (Å²) in [6, 6.07) is 0. The number of rotatable bonds is 4. The van der Waals surface area contributed by atoms with E-state index in [1.165, 1.54) is 4.80 Å². The van der Waals surface area contributed by atoms with Crippen LogP contribution in [0.25, 0.3) is 0 Å². The zero-order valence-electron chi connectivity index (χ0n) is 9.21. The molecule has 0 bridgehead atoms. The molecule has 6 nitrogen and oxygen atoms in total. The molecule has 7 heteroatoms. The van der Waals surface area contributed by atoms with E-state index in [2.05, 4.69) is 20.5 Å². The van der Waals surface area contributed by atoms with Crippen LogP contribution >= 0.6 is 11.6 Å². The molecule has 0 aliphatic carbocycles. The van der Waals surface area contributed by atoms with Crippen molar-refractivity contribution in [1.82, 2.24) is 30.0 Å². The fourth-order valence-corrected chi connectivity index (χ4v) is 1.51. The van der Waals surface area contributed by atoms with Crippen LogP contribution in [0, 0.1) is 0 Å². The molecule has 1 unspecified atom stereocenters. The summed E-state index contributed by atoms with van der Waals surface area (Å²) in [6.07, 6.45) is 4.58. The van der Waals surface area contributed by atoms with E-state index in [1.54, 1.807) is 17.9 Å². The topological polar surface area (TPSA) is 61.4 Å². The monoisotopic (exact) mass is 240 g/mol. The maximum Gasteiger partial charge on any atom is 0.196 e. The standard InChI is InChI=1S/C9H13ClN6/c1-3-8(10)7-4-11-16(5-7)6-9-12-14-15(2)13-9/h4-5,8H,3,6H2,1-2H3. The predicted molar refractivity (Wildman–Crippen MR) is 59.0 cm³/mol. The quantitative estimate of drug-likeness (QED) is 0.752. The van der Waals surface area contributed by atoms with Crippen molar-refractivity contribution in [2.24, 2.45) is 7.05 Å². The van der Waals surface area contributed by atoms with E-state index >= 15 is 0 Å². The smallest absolute Gasteiger partial charge is 0.196 e. The summed E-state index contributed by atoms with van der Waals surface area (Å²) in [5, 5.41) is 16.0. The molecule has 2 aromatic heterocycles. The van der Waals surface area contributed by atoms with E-state index in [0.29, 0.717) is 12.4 Å². The minimum atomic E-state index is 0.0172. The summed E-state index contributed by atoms with van der Waals surface area (Å²) in [4.78, 5) is 1.43. The molecule has 0 saturated carbocycles. The van der Waals surface area contributed by atoms with Crippen molar-refractivity contribution >= 4 is 11.6 Å². The third-order valence-electron chi connectivity index (χ3n) is 2.23. The van der Waals surface area contributed by atoms with Gasteiger partial charge in [0.25, 0.3) is 0 Å². The molecule has 0 N–H and O–H groups in total. The Hall–Kier alpha value is -1.43. The Morgan fingerprint density at radius 1 is 1.50 bits per heavy atom. The highest BCUT2D eigenvalue weighted by atomic mass is 35.5. The van der Waals surface area contributed by atoms with Crippen molar-refractivity contribution in [3.8, 4) is 0 Å². The van der Waals surface area contributed by atoms with Crippen LogP contribution in [-0.4, -0.2) is 30.0 Å². The number of hydrogen-bond acceptors (Lipinski definition) is 4. The van der Waals surface area contributed by atoms with Crippen molar-refractivity contribution in [3.63, 3.8) is 0 Å². The summed E-state index contributed by atoms with van der Waals surface area (Å²) in [7, 11) is 1.73. The van der Waals surface area contributed by atoms with Gasteiger partial charge in [0, 0.05) is 11.8 Å². The SMILES string of the molecule is CCC(Cl)c1cnn(Cc2nnn(C)n2)c1. The minimum absolute atomic E-state index is 0.0172. The zero-order chi connectivity index (χ0) is 11.5. The molecule has 2 heterocycles. The fraction of sp³-hybridized carbons (Fsp3) is 0.556. The highest BCUT2D eigenvalue weighted by Gasteiger charge is 2.09. The van der Waals surface area contributed by atoms with Crippen LogP contribution in [0.4, 0.5) is 0 Å². The molecule has 2 rings (SSSR count). The lowest BCUT2D eigenvalue weighted by Gasteiger charge is -2.00. The van der Waals surface area contributed by atoms with Crippen molar-refractivity contribution in [2.75, 3.05) is 0 Å². The maximum atomic E-state index is 6.11. The molecule has 0 aliphatic heterocycles. The zero-order valence-corrected chi connectivity index (χ0v) is 9.96. The number of aryl methyl sites for hydroxylation is 1. The van der Waals surface area contributed by atoms with E-state index in [-0.39, 0.29) is 5.38 Å². The average Bonchev–Trinajstić information content (AvgIpc) is 2.87. The Kier molecular flexibility index (Phi) is 3.19. The molecule has 0 spiro atoms. The van der Waals surface area contributed by atoms with Crippen LogP contribution in [0.1, 0.15) is 30.1 Å². The molecule has 2 aromatic rings. The van der Waals surface area contributed by atoms with Crippen LogP contribution in [0.3, 0.4) is 0 Å². The fourth-order valence-electron chi connectivity index (χ4n) is 1.40. The number of tetrazole rings is 1. The number of nitrogens with zero attached hydrogens (tertiary/aromatic N) is 6. The average molecular weight is 241 g/mol. The molecule has 0 aromatic carbocycles. The van der Waals surface area contributed by atoms with Gasteiger partial charge in [-0.25, -0.2) is 0 Å². The molecule has 16 heavy (non-hydrogen) atoms. The van der Waals surface area contributed by atoms with Gasteiger partial charge in [0.15, 0.2) is 5.82 Å². The highest BCUT2D eigenvalue weighted by molar-refractivity contribution is 6.20. The predicted octanol–water partition coefficient (Wildman–Crippen LogP) is 1.14. The second kappa shape index (κ2) is 4.61. The summed E-state index contributed by atoms with van der Waals surface area (Å²) in [5.41, 5.74) is 1.02. The highest BCUT2D eigenvalue weighted by Crippen LogP contribution is 2.22. The molecule has 0 radical (unpaired) electrons. The van der Waals surface area contributed by atoms with Crippen molar-refractivity contribution < 1.29 is 0 Å². The molecule has 0 amide bonds. The summed E-state index contributed by atoms with van der Waals surface area (Å²) < 4.78 is 1.76. The first-order chi connectivity index (χ1) is 7.69. The molecule has 0 saturated heterocycles. The summed E-state index contributed by atoms with van der Waals surface area (Å²) in [6.45, 7) is 2.56. The molecule has 0 fully saturated rings. The van der Waals surface area contributed by atoms with Gasteiger partial charge in [0.05, 0.1) is 18.6 Å². The Labute approximate surface area is 98.2 Å². The normalized spacial score (nSPS) is 12.9. The first-order valence-corrected chi connectivity index (χ1v) is 5.52. The Morgan fingerprint density at radius 2 is 2.31 bits per heavy atom. The Morgan fingerprint density at radius 3 is 2.94 bits per heavy atom. The second-order valence-corrected chi connectivity index (χ2v) is 4.07. The summed E-state index contributed by atoms with van der Waals surface area (Å²) >= 11 is 6.11. The van der Waals surface area contributed by atoms with Gasteiger partial charge in [0.1, 0.15) is 6.54 Å². The maximum absolute atomic E-state index is 6.11. The van der Waals surface area contributed by atoms with Crippen LogP contribution in [0.15, 0.2) is 12.4 Å². The van der Waals surface area contributed by atoms with Crippen molar-refractivity contribution in [1.29, 1.82) is 0 Å². The van der Waals surface area contributed by atoms with Crippen LogP contribution in [0.2, 0.25) is 0 Å². The van der Waals surface area contributed by atoms with Crippen LogP contribution < -0.4 is 0 Å². The van der Waals surface area contributed by atoms with E-state index in [0.717, 1.165) is 12.0 Å². The summed E-state index contributed by atoms with van der Waals surface area (Å²) in [5.74, 6) is 0.639. The molecule has 0 aliphatic rings. The number of halogens is 1. The Balaban J connectivity index is 2.08. The van der Waals surface area contributed by atoms with Crippen LogP contribution in [0.5, 0.6) is 0 Å². The van der Waals surface area contributed by atoms with Crippen LogP contribution in [-0.2, 0) is 13.6 Å². The van der Waals surface area contributed by atoms with E-state index in [9.17, 15) is 0 Å². The molecule has 86 valence electrons. The lowest BCUT2D eigenvalue weighted by molar-refractivity contribution is 0.617. The van der Waals surface area contributed by atoms with Gasteiger partial charge in [-0.05, 0) is 11.6 Å². The van der Waals surface area contributed by atoms with Gasteiger partial charge in [-0.2, -0.15) is 9.90 Å². The number of hydrogen-bond donors (Lipinski definition) is 0. The van der Waals surface area contributed by atoms with Gasteiger partial charge < -0.3 is 0 Å². The first kappa shape index (κ1) is 11.1. The van der Waals surface area contributed by atoms with Crippen molar-refractivity contribution in [3.05, 3.63) is 23.8 Å². The van der Waals surface area contributed by atoms with E-state index in [1.807, 2.05) is 13.1 Å². The van der Waals surface area contributed by atoms with Gasteiger partial charge >= 0.3 is 0 Å². The lowest BCUT2D eigenvalue weighted by Crippen LogP contribution is -2.02. The third kappa shape index (κ3) is 2.38. The number of alkyl halides is 1. The molecular formula is C9H13ClN6. The molecule has 1 atom stereocenters. The van der Waals surface area contributed by atoms with Gasteiger partial charge in [0.2, 0.25) is 0 Å². The minimum Gasteiger partial charge on any atom is -0.265 e. The second-order valence-electron chi connectivity index (χ2n) is 3.54. The van der Waals surface area contributed by atoms with Gasteiger partial charge in [-0.3, -0.25) is 4.68 Å². The van der Waals surface area contributed by atoms with Gasteiger partial charge in [-0.15, -0.1) is 21.8 Å². The van der Waals surface area contributed by atoms with E-state index < -0.39 is 0 Å². The molecular weight excluding hydrogens is 228 g/mol. The van der Waals surface area contributed by atoms with Gasteiger partial charge in [-0.1, -0.05) is 6.92 Å².